The van der Waals surface area contributed by atoms with E-state index in [0.29, 0.717) is 22.4 Å². The zero-order chi connectivity index (χ0) is 20.3. The molecule has 2 amide bonds. The average Bonchev–Trinajstić information content (AvgIpc) is 2.69. The van der Waals surface area contributed by atoms with Gasteiger partial charge in [-0.05, 0) is 48.4 Å². The summed E-state index contributed by atoms with van der Waals surface area (Å²) in [4.78, 5) is 38.0. The summed E-state index contributed by atoms with van der Waals surface area (Å²) >= 11 is 0. The molecule has 2 aromatic carbocycles. The van der Waals surface area contributed by atoms with E-state index in [1.54, 1.807) is 37.3 Å². The van der Waals surface area contributed by atoms with E-state index in [9.17, 15) is 18.8 Å². The first-order valence-electron chi connectivity index (χ1n) is 8.64. The average molecular weight is 382 g/mol. The van der Waals surface area contributed by atoms with Crippen molar-refractivity contribution in [1.29, 1.82) is 0 Å². The zero-order valence-corrected chi connectivity index (χ0v) is 15.4. The molecule has 1 heterocycles. The molecule has 6 nitrogen and oxygen atoms in total. The molecule has 3 rings (SSSR count). The number of ketones is 1. The van der Waals surface area contributed by atoms with Crippen LogP contribution in [-0.2, 0) is 9.53 Å². The number of allylic oxidation sites excluding steroid dienone is 1. The van der Waals surface area contributed by atoms with Gasteiger partial charge in [-0.3, -0.25) is 9.69 Å². The van der Waals surface area contributed by atoms with E-state index in [1.165, 1.54) is 36.4 Å². The number of hydrogen-bond donors (Lipinski definition) is 1. The van der Waals surface area contributed by atoms with Gasteiger partial charge in [0.15, 0.2) is 5.78 Å². The van der Waals surface area contributed by atoms with Crippen LogP contribution in [0.3, 0.4) is 0 Å². The fourth-order valence-corrected chi connectivity index (χ4v) is 3.08. The molecular formula is C21H19FN2O4. The van der Waals surface area contributed by atoms with Crippen LogP contribution in [0.4, 0.5) is 14.9 Å². The predicted molar refractivity (Wildman–Crippen MR) is 101 cm³/mol. The van der Waals surface area contributed by atoms with Crippen molar-refractivity contribution in [2.45, 2.75) is 19.4 Å². The van der Waals surface area contributed by atoms with E-state index in [0.717, 1.165) is 0 Å². The van der Waals surface area contributed by atoms with Crippen LogP contribution in [0.25, 0.3) is 0 Å². The molecule has 1 N–H and O–H groups in total. The third-order valence-electron chi connectivity index (χ3n) is 4.62. The molecule has 7 heteroatoms. The monoisotopic (exact) mass is 382 g/mol. The molecule has 2 aromatic rings. The Labute approximate surface area is 161 Å². The minimum atomic E-state index is -0.554. The number of carbonyl (C=O) groups is 3. The maximum atomic E-state index is 13.2. The van der Waals surface area contributed by atoms with Crippen molar-refractivity contribution in [1.82, 2.24) is 4.90 Å². The number of nitrogens with zero attached hydrogens (tertiary/aromatic N) is 1. The number of benzene rings is 2. The van der Waals surface area contributed by atoms with Crippen LogP contribution >= 0.6 is 0 Å². The smallest absolute Gasteiger partial charge is 0.338 e. The van der Waals surface area contributed by atoms with Crippen molar-refractivity contribution in [3.8, 4) is 0 Å². The van der Waals surface area contributed by atoms with Gasteiger partial charge in [0, 0.05) is 18.3 Å². The Bertz CT molecular complexity index is 953. The Hall–Kier alpha value is -3.48. The van der Waals surface area contributed by atoms with Crippen LogP contribution in [-0.4, -0.2) is 29.8 Å². The minimum absolute atomic E-state index is 0.0940. The standard InChI is InChI=1S/C21H19FN2O4/c1-13-17(20(26)28-2)4-3-5-18(13)23-21(27)24-11-10-16(25)12-19(24)14-6-8-15(22)9-7-14/h3-11,19H,12H2,1-2H3,(H,23,27). The molecule has 1 atom stereocenters. The van der Waals surface area contributed by atoms with Gasteiger partial charge < -0.3 is 10.1 Å². The highest BCUT2D eigenvalue weighted by Gasteiger charge is 2.29. The van der Waals surface area contributed by atoms with Crippen LogP contribution in [0.1, 0.15) is 33.9 Å². The summed E-state index contributed by atoms with van der Waals surface area (Å²) in [6.07, 6.45) is 2.84. The maximum absolute atomic E-state index is 13.2. The molecule has 1 unspecified atom stereocenters. The lowest BCUT2D eigenvalue weighted by Gasteiger charge is -2.31. The summed E-state index contributed by atoms with van der Waals surface area (Å²) < 4.78 is 18.0. The van der Waals surface area contributed by atoms with Crippen molar-refractivity contribution >= 4 is 23.5 Å². The molecule has 0 fully saturated rings. The molecule has 1 aliphatic heterocycles. The summed E-state index contributed by atoms with van der Waals surface area (Å²) in [5, 5.41) is 2.77. The number of amides is 2. The van der Waals surface area contributed by atoms with E-state index >= 15 is 0 Å². The quantitative estimate of drug-likeness (QED) is 0.815. The van der Waals surface area contributed by atoms with Gasteiger partial charge in [-0.1, -0.05) is 18.2 Å². The number of carbonyl (C=O) groups excluding carboxylic acids is 3. The van der Waals surface area contributed by atoms with Crippen molar-refractivity contribution in [3.63, 3.8) is 0 Å². The van der Waals surface area contributed by atoms with Gasteiger partial charge in [-0.25, -0.2) is 14.0 Å². The predicted octanol–water partition coefficient (Wildman–Crippen LogP) is 3.98. The van der Waals surface area contributed by atoms with Gasteiger partial charge in [0.05, 0.1) is 18.7 Å². The highest BCUT2D eigenvalue weighted by molar-refractivity contribution is 5.98. The molecule has 0 aliphatic carbocycles. The maximum Gasteiger partial charge on any atom is 0.338 e. The Morgan fingerprint density at radius 3 is 2.57 bits per heavy atom. The lowest BCUT2D eigenvalue weighted by molar-refractivity contribution is -0.116. The highest BCUT2D eigenvalue weighted by atomic mass is 19.1. The lowest BCUT2D eigenvalue weighted by atomic mass is 9.97. The van der Waals surface area contributed by atoms with E-state index in [1.807, 2.05) is 0 Å². The molecule has 28 heavy (non-hydrogen) atoms. The molecule has 0 aromatic heterocycles. The van der Waals surface area contributed by atoms with Crippen molar-refractivity contribution in [3.05, 3.63) is 77.2 Å². The second kappa shape index (κ2) is 8.04. The van der Waals surface area contributed by atoms with Crippen molar-refractivity contribution in [2.24, 2.45) is 0 Å². The van der Waals surface area contributed by atoms with Gasteiger partial charge >= 0.3 is 12.0 Å². The number of urea groups is 1. The normalized spacial score (nSPS) is 16.0. The molecule has 0 saturated carbocycles. The van der Waals surface area contributed by atoms with Gasteiger partial charge in [0.2, 0.25) is 0 Å². The summed E-state index contributed by atoms with van der Waals surface area (Å²) in [6.45, 7) is 1.70. The molecule has 0 saturated heterocycles. The number of anilines is 1. The Morgan fingerprint density at radius 1 is 1.18 bits per heavy atom. The van der Waals surface area contributed by atoms with Crippen LogP contribution in [0.15, 0.2) is 54.7 Å². The number of halogens is 1. The third-order valence-corrected chi connectivity index (χ3v) is 4.62. The topological polar surface area (TPSA) is 75.7 Å². The Balaban J connectivity index is 1.88. The third kappa shape index (κ3) is 3.93. The summed E-state index contributed by atoms with van der Waals surface area (Å²) in [5.74, 6) is -1.02. The van der Waals surface area contributed by atoms with Crippen molar-refractivity contribution in [2.75, 3.05) is 12.4 Å². The number of nitrogens with one attached hydrogen (secondary N) is 1. The van der Waals surface area contributed by atoms with Gasteiger partial charge in [-0.15, -0.1) is 0 Å². The van der Waals surface area contributed by atoms with Crippen molar-refractivity contribution < 1.29 is 23.5 Å². The first kappa shape index (κ1) is 19.3. The number of esters is 1. The van der Waals surface area contributed by atoms with Crippen LogP contribution in [0, 0.1) is 12.7 Å². The van der Waals surface area contributed by atoms with Crippen LogP contribution < -0.4 is 5.32 Å². The lowest BCUT2D eigenvalue weighted by Crippen LogP contribution is -2.37. The van der Waals surface area contributed by atoms with E-state index in [-0.39, 0.29) is 12.2 Å². The molecule has 0 bridgehead atoms. The van der Waals surface area contributed by atoms with E-state index in [4.69, 9.17) is 4.74 Å². The van der Waals surface area contributed by atoms with Crippen LogP contribution in [0.2, 0.25) is 0 Å². The Kier molecular flexibility index (Phi) is 5.54. The number of hydrogen-bond acceptors (Lipinski definition) is 4. The summed E-state index contributed by atoms with van der Waals surface area (Å²) in [6, 6.07) is 9.58. The zero-order valence-electron chi connectivity index (χ0n) is 15.4. The molecule has 1 aliphatic rings. The molecule has 0 spiro atoms. The van der Waals surface area contributed by atoms with Crippen LogP contribution in [0.5, 0.6) is 0 Å². The van der Waals surface area contributed by atoms with Gasteiger partial charge in [0.1, 0.15) is 5.82 Å². The number of rotatable bonds is 3. The summed E-state index contributed by atoms with van der Waals surface area (Å²) in [7, 11) is 1.29. The second-order valence-electron chi connectivity index (χ2n) is 6.36. The first-order chi connectivity index (χ1) is 13.4. The fraction of sp³-hybridized carbons (Fsp3) is 0.190. The number of ether oxygens (including phenoxy) is 1. The molecular weight excluding hydrogens is 363 g/mol. The van der Waals surface area contributed by atoms with Gasteiger partial charge in [0.25, 0.3) is 0 Å². The minimum Gasteiger partial charge on any atom is -0.465 e. The highest BCUT2D eigenvalue weighted by Crippen LogP contribution is 2.30. The largest absolute Gasteiger partial charge is 0.465 e. The van der Waals surface area contributed by atoms with E-state index in [2.05, 4.69) is 5.32 Å². The van der Waals surface area contributed by atoms with E-state index < -0.39 is 23.9 Å². The summed E-state index contributed by atoms with van der Waals surface area (Å²) in [5.41, 5.74) is 2.02. The number of methoxy groups -OCH3 is 1. The van der Waals surface area contributed by atoms with Gasteiger partial charge in [-0.2, -0.15) is 0 Å². The fourth-order valence-electron chi connectivity index (χ4n) is 3.08. The second-order valence-corrected chi connectivity index (χ2v) is 6.36. The first-order valence-corrected chi connectivity index (χ1v) is 8.64. The molecule has 144 valence electrons. The SMILES string of the molecule is COC(=O)c1cccc(NC(=O)N2C=CC(=O)CC2c2ccc(F)cc2)c1C. The molecule has 0 radical (unpaired) electrons. The Morgan fingerprint density at radius 2 is 1.89 bits per heavy atom.